The molecular weight excluding hydrogens is 817 g/mol. The van der Waals surface area contributed by atoms with Gasteiger partial charge in [-0.3, -0.25) is 14.4 Å². The zero-order valence-corrected chi connectivity index (χ0v) is 38.1. The first kappa shape index (κ1) is 45.2. The first-order valence-electron chi connectivity index (χ1n) is 21.3. The molecule has 0 saturated carbocycles. The number of aldehydes is 1. The topological polar surface area (TPSA) is 126 Å². The van der Waals surface area contributed by atoms with Gasteiger partial charge in [0.15, 0.2) is 15.6 Å². The molecule has 62 heavy (non-hydrogen) atoms. The molecule has 10 rings (SSSR count). The zero-order chi connectivity index (χ0) is 44.1. The van der Waals surface area contributed by atoms with Crippen molar-refractivity contribution in [3.63, 3.8) is 0 Å². The fourth-order valence-electron chi connectivity index (χ4n) is 9.93. The number of benzene rings is 4. The number of ketones is 2. The van der Waals surface area contributed by atoms with E-state index in [2.05, 4.69) is 89.5 Å². The monoisotopic (exact) mass is 876 g/mol. The Hall–Kier alpha value is -4.87. The molecule has 4 aromatic carbocycles. The molecule has 9 nitrogen and oxygen atoms in total. The van der Waals surface area contributed by atoms with E-state index >= 15 is 0 Å². The number of nitrogens with zero attached hydrogens (tertiary/aromatic N) is 2. The summed E-state index contributed by atoms with van der Waals surface area (Å²) in [7, 11) is -7.09. The van der Waals surface area contributed by atoms with Crippen molar-refractivity contribution in [3.8, 4) is 0 Å². The lowest BCUT2D eigenvalue weighted by Crippen LogP contribution is -2.44. The van der Waals surface area contributed by atoms with E-state index in [1.807, 2.05) is 0 Å². The van der Waals surface area contributed by atoms with Gasteiger partial charge >= 0.3 is 0 Å². The Morgan fingerprint density at radius 1 is 0.548 bits per heavy atom. The van der Waals surface area contributed by atoms with Gasteiger partial charge < -0.3 is 9.80 Å². The van der Waals surface area contributed by atoms with Crippen LogP contribution in [0.15, 0.2) is 87.5 Å². The molecule has 0 aliphatic carbocycles. The van der Waals surface area contributed by atoms with E-state index in [4.69, 9.17) is 0 Å². The average Bonchev–Trinajstić information content (AvgIpc) is 3.56. The molecule has 0 aromatic heterocycles. The Labute approximate surface area is 368 Å². The lowest BCUT2D eigenvalue weighted by atomic mass is 9.69. The van der Waals surface area contributed by atoms with Crippen LogP contribution in [0, 0.1) is 0 Å². The van der Waals surface area contributed by atoms with Crippen LogP contribution in [-0.2, 0) is 41.3 Å². The van der Waals surface area contributed by atoms with Crippen LogP contribution in [0.1, 0.15) is 147 Å². The summed E-state index contributed by atoms with van der Waals surface area (Å²) >= 11 is 0. The van der Waals surface area contributed by atoms with Gasteiger partial charge in [0.05, 0.1) is 9.79 Å². The van der Waals surface area contributed by atoms with Gasteiger partial charge in [-0.15, -0.1) is 0 Å². The number of Topliss-reactive ketones (excluding diaryl/α,β-unsaturated/α-hetero) is 2. The van der Waals surface area contributed by atoms with E-state index in [-0.39, 0.29) is 60.9 Å². The average molecular weight is 877 g/mol. The number of carbonyl (C=O) groups is 3. The van der Waals surface area contributed by atoms with E-state index in [0.29, 0.717) is 5.56 Å². The van der Waals surface area contributed by atoms with Gasteiger partial charge in [-0.25, -0.2) is 16.8 Å². The van der Waals surface area contributed by atoms with Gasteiger partial charge in [0.1, 0.15) is 16.9 Å². The summed E-state index contributed by atoms with van der Waals surface area (Å²) in [6.07, 6.45) is 7.04. The third kappa shape index (κ3) is 7.56. The van der Waals surface area contributed by atoms with Crippen molar-refractivity contribution in [2.24, 2.45) is 0 Å². The maximum atomic E-state index is 13.1. The lowest BCUT2D eigenvalue weighted by Gasteiger charge is -2.48. The maximum Gasteiger partial charge on any atom is 0.211 e. The fraction of sp³-hybridized carbons (Fsp3) is 0.431. The highest BCUT2D eigenvalue weighted by molar-refractivity contribution is 7.97. The van der Waals surface area contributed by atoms with E-state index in [1.165, 1.54) is 58.6 Å². The number of anilines is 2. The summed E-state index contributed by atoms with van der Waals surface area (Å²) in [5, 5.41) is 0. The van der Waals surface area contributed by atoms with Crippen molar-refractivity contribution >= 4 is 55.0 Å². The van der Waals surface area contributed by atoms with Crippen LogP contribution < -0.4 is 9.80 Å². The second kappa shape index (κ2) is 15.4. The minimum absolute atomic E-state index is 0. The Morgan fingerprint density at radius 2 is 0.935 bits per heavy atom. The molecule has 4 aromatic rings. The first-order chi connectivity index (χ1) is 28.5. The van der Waals surface area contributed by atoms with Crippen LogP contribution in [0.25, 0.3) is 6.08 Å². The predicted octanol–water partition coefficient (Wildman–Crippen LogP) is 9.83. The molecule has 6 aliphatic rings. The molecule has 11 heteroatoms. The molecule has 0 unspecified atom stereocenters. The van der Waals surface area contributed by atoms with Crippen LogP contribution in [0.5, 0.6) is 0 Å². The molecule has 0 bridgehead atoms. The van der Waals surface area contributed by atoms with Crippen molar-refractivity contribution in [2.75, 3.05) is 41.7 Å². The number of allylic oxidation sites excluding steroid dienone is 1. The predicted molar refractivity (Wildman–Crippen MR) is 249 cm³/mol. The normalized spacial score (nSPS) is 22.3. The number of hydrogen-bond acceptors (Lipinski definition) is 9. The van der Waals surface area contributed by atoms with Crippen LogP contribution >= 0.6 is 0 Å². The Kier molecular flexibility index (Phi) is 11.2. The second-order valence-electron chi connectivity index (χ2n) is 20.1. The molecule has 328 valence electrons. The molecule has 0 amide bonds. The maximum absolute atomic E-state index is 13.1. The Morgan fingerprint density at radius 3 is 1.34 bits per heavy atom. The van der Waals surface area contributed by atoms with Crippen LogP contribution in [0.2, 0.25) is 0 Å². The van der Waals surface area contributed by atoms with Crippen molar-refractivity contribution < 1.29 is 31.2 Å². The third-order valence-electron chi connectivity index (χ3n) is 14.1. The van der Waals surface area contributed by atoms with Gasteiger partial charge in [-0.1, -0.05) is 93.1 Å². The highest BCUT2D eigenvalue weighted by Gasteiger charge is 2.43. The van der Waals surface area contributed by atoms with E-state index in [0.717, 1.165) is 56.4 Å². The van der Waals surface area contributed by atoms with E-state index in [1.54, 1.807) is 42.5 Å². The van der Waals surface area contributed by atoms with Crippen molar-refractivity contribution in [1.29, 1.82) is 0 Å². The SMILES string of the molecule is C.CC1(C)CCN2CCC(C)(C)c3cc(/C=C4/C(=O)c5ccccc5S4(=O)=O)cc1c32.CC1(C)CCN2CCC(C)(C)c3cc(C=O)cc1c32.O=C1CS(=O)(=O)c2ccccc21. The minimum Gasteiger partial charge on any atom is -0.371 e. The highest BCUT2D eigenvalue weighted by Crippen LogP contribution is 2.51. The van der Waals surface area contributed by atoms with Crippen molar-refractivity contribution in [2.45, 2.75) is 120 Å². The third-order valence-corrected chi connectivity index (χ3v) is 17.5. The van der Waals surface area contributed by atoms with Gasteiger partial charge in [0.25, 0.3) is 0 Å². The molecule has 6 aliphatic heterocycles. The number of carbonyl (C=O) groups excluding carboxylic acids is 3. The molecule has 0 N–H and O–H groups in total. The van der Waals surface area contributed by atoms with Gasteiger partial charge in [-0.2, -0.15) is 0 Å². The van der Waals surface area contributed by atoms with Gasteiger partial charge in [0, 0.05) is 54.2 Å². The molecule has 0 radical (unpaired) electrons. The lowest BCUT2D eigenvalue weighted by molar-refractivity contribution is 0.102. The van der Waals surface area contributed by atoms with Crippen LogP contribution in [0.3, 0.4) is 0 Å². The largest absolute Gasteiger partial charge is 0.371 e. The van der Waals surface area contributed by atoms with Gasteiger partial charge in [0.2, 0.25) is 15.6 Å². The van der Waals surface area contributed by atoms with Crippen LogP contribution in [0.4, 0.5) is 11.4 Å². The standard InChI is InChI=1S/C25H27NO3S.C17H23NO.C8H6O3S.CH4/c1-24(2)9-11-26-12-10-25(3,4)19-14-16(13-18(24)22(19)26)15-21-23(27)17-7-5-6-8-20(17)30(21,28)29;1-16(2)5-7-18-8-6-17(3,4)14-10-12(11-19)9-13(16)15(14)18;9-7-5-12(10,11)8-4-2-1-3-6(7)8;/h5-8,13-15H,9-12H2,1-4H3;9-11H,5-8H2,1-4H3;1-4H,5H2;1H4/b21-15-;;;. The number of hydrogen-bond donors (Lipinski definition) is 0. The quantitative estimate of drug-likeness (QED) is 0.143. The summed E-state index contributed by atoms with van der Waals surface area (Å²) in [5.41, 5.74) is 10.6. The molecule has 0 saturated heterocycles. The summed E-state index contributed by atoms with van der Waals surface area (Å²) in [6, 6.07) is 21.2. The van der Waals surface area contributed by atoms with Crippen molar-refractivity contribution in [1.82, 2.24) is 0 Å². The highest BCUT2D eigenvalue weighted by atomic mass is 32.2. The van der Waals surface area contributed by atoms with Crippen molar-refractivity contribution in [3.05, 3.63) is 122 Å². The minimum atomic E-state index is -3.79. The molecular formula is C51H60N2O7S2. The van der Waals surface area contributed by atoms with E-state index in [9.17, 15) is 31.2 Å². The number of fused-ring (bicyclic) bond motifs is 2. The Balaban J connectivity index is 0.000000154. The number of rotatable bonds is 2. The smallest absolute Gasteiger partial charge is 0.211 e. The molecule has 0 fully saturated rings. The van der Waals surface area contributed by atoms with E-state index < -0.39 is 25.5 Å². The second-order valence-corrected chi connectivity index (χ2v) is 23.9. The van der Waals surface area contributed by atoms with Crippen LogP contribution in [-0.4, -0.2) is 66.6 Å². The summed E-state index contributed by atoms with van der Waals surface area (Å²) in [4.78, 5) is 40.5. The molecule has 0 spiro atoms. The Bertz CT molecular complexity index is 2710. The first-order valence-corrected chi connectivity index (χ1v) is 24.4. The molecule has 6 heterocycles. The zero-order valence-electron chi connectivity index (χ0n) is 36.5. The summed E-state index contributed by atoms with van der Waals surface area (Å²) in [6.45, 7) is 22.6. The number of sulfone groups is 2. The fourth-order valence-corrected chi connectivity index (χ4v) is 13.0. The molecule has 0 atom stereocenters. The summed E-state index contributed by atoms with van der Waals surface area (Å²) < 4.78 is 48.6. The summed E-state index contributed by atoms with van der Waals surface area (Å²) in [5.74, 6) is -1.07. The van der Waals surface area contributed by atoms with Gasteiger partial charge in [-0.05, 0) is 124 Å².